The second-order valence-electron chi connectivity index (χ2n) is 6.55. The van der Waals surface area contributed by atoms with Crippen LogP contribution in [-0.2, 0) is 0 Å². The summed E-state index contributed by atoms with van der Waals surface area (Å²) in [5.41, 5.74) is 1.40. The number of nitrogens with one attached hydrogen (secondary N) is 3. The predicted octanol–water partition coefficient (Wildman–Crippen LogP) is 3.60. The van der Waals surface area contributed by atoms with Crippen LogP contribution >= 0.6 is 12.2 Å². The second-order valence-corrected chi connectivity index (χ2v) is 6.95. The molecule has 7 heteroatoms. The second kappa shape index (κ2) is 10.4. The zero-order valence-electron chi connectivity index (χ0n) is 16.2. The van der Waals surface area contributed by atoms with Crippen molar-refractivity contribution in [2.24, 2.45) is 5.92 Å². The zero-order chi connectivity index (χ0) is 20.5. The Morgan fingerprint density at radius 3 is 2.54 bits per heavy atom. The van der Waals surface area contributed by atoms with Gasteiger partial charge < -0.3 is 15.4 Å². The Hall–Kier alpha value is -2.93. The van der Waals surface area contributed by atoms with Crippen LogP contribution in [0.3, 0.4) is 0 Å². The fourth-order valence-electron chi connectivity index (χ4n) is 2.36. The highest BCUT2D eigenvalue weighted by molar-refractivity contribution is 7.80. The zero-order valence-corrected chi connectivity index (χ0v) is 17.1. The third kappa shape index (κ3) is 6.35. The van der Waals surface area contributed by atoms with Gasteiger partial charge in [-0.1, -0.05) is 32.0 Å². The maximum atomic E-state index is 12.5. The van der Waals surface area contributed by atoms with Crippen molar-refractivity contribution in [3.05, 3.63) is 59.7 Å². The summed E-state index contributed by atoms with van der Waals surface area (Å²) in [6.45, 7) is 7.04. The summed E-state index contributed by atoms with van der Waals surface area (Å²) in [4.78, 5) is 24.6. The summed E-state index contributed by atoms with van der Waals surface area (Å²) in [5.74, 6) is 0.443. The van der Waals surface area contributed by atoms with E-state index >= 15 is 0 Å². The Labute approximate surface area is 170 Å². The van der Waals surface area contributed by atoms with Gasteiger partial charge in [0.15, 0.2) is 5.11 Å². The number of anilines is 1. The molecule has 0 aromatic heterocycles. The normalized spacial score (nSPS) is 10.3. The number of carbonyl (C=O) groups excluding carboxylic acids is 2. The van der Waals surface area contributed by atoms with Crippen molar-refractivity contribution in [3.8, 4) is 5.75 Å². The third-order valence-corrected chi connectivity index (χ3v) is 3.87. The molecule has 0 aliphatic carbocycles. The number of thiocarbonyl (C=S) groups is 1. The molecule has 0 bridgehead atoms. The van der Waals surface area contributed by atoms with Gasteiger partial charge in [-0.25, -0.2) is 0 Å². The first-order chi connectivity index (χ1) is 13.4. The first-order valence-corrected chi connectivity index (χ1v) is 9.54. The number of amides is 2. The molecule has 0 aliphatic heterocycles. The van der Waals surface area contributed by atoms with Gasteiger partial charge in [-0.3, -0.25) is 14.9 Å². The van der Waals surface area contributed by atoms with Gasteiger partial charge in [-0.2, -0.15) is 0 Å². The summed E-state index contributed by atoms with van der Waals surface area (Å²) < 4.78 is 5.65. The third-order valence-electron chi connectivity index (χ3n) is 3.66. The van der Waals surface area contributed by atoms with E-state index in [1.807, 2.05) is 6.92 Å². The van der Waals surface area contributed by atoms with Gasteiger partial charge in [0.25, 0.3) is 11.8 Å². The molecule has 0 aliphatic rings. The molecule has 0 saturated carbocycles. The van der Waals surface area contributed by atoms with Gasteiger partial charge in [-0.05, 0) is 55.4 Å². The van der Waals surface area contributed by atoms with E-state index in [9.17, 15) is 9.59 Å². The minimum absolute atomic E-state index is 0.107. The number of benzene rings is 2. The number of carbonyl (C=O) groups is 2. The number of ether oxygens (including phenoxy) is 1. The monoisotopic (exact) mass is 399 g/mol. The van der Waals surface area contributed by atoms with Crippen LogP contribution in [0.2, 0.25) is 0 Å². The molecule has 2 aromatic carbocycles. The number of para-hydroxylation sites is 1. The Morgan fingerprint density at radius 2 is 1.82 bits per heavy atom. The smallest absolute Gasteiger partial charge is 0.257 e. The summed E-state index contributed by atoms with van der Waals surface area (Å²) >= 11 is 5.24. The molecule has 2 amide bonds. The molecule has 0 atom stereocenters. The van der Waals surface area contributed by atoms with Crippen molar-refractivity contribution in [1.29, 1.82) is 0 Å². The van der Waals surface area contributed by atoms with E-state index in [2.05, 4.69) is 29.8 Å². The van der Waals surface area contributed by atoms with Gasteiger partial charge in [0.05, 0.1) is 17.9 Å². The molecule has 2 rings (SSSR count). The molecule has 0 heterocycles. The van der Waals surface area contributed by atoms with E-state index in [-0.39, 0.29) is 16.9 Å². The van der Waals surface area contributed by atoms with Crippen LogP contribution in [0.15, 0.2) is 48.5 Å². The Morgan fingerprint density at radius 1 is 1.07 bits per heavy atom. The lowest BCUT2D eigenvalue weighted by Gasteiger charge is -2.14. The molecule has 0 spiro atoms. The highest BCUT2D eigenvalue weighted by Gasteiger charge is 2.13. The first-order valence-electron chi connectivity index (χ1n) is 9.13. The van der Waals surface area contributed by atoms with Gasteiger partial charge >= 0.3 is 0 Å². The van der Waals surface area contributed by atoms with Crippen LogP contribution in [-0.4, -0.2) is 30.1 Å². The highest BCUT2D eigenvalue weighted by Crippen LogP contribution is 2.16. The Balaban J connectivity index is 2.03. The van der Waals surface area contributed by atoms with Crippen LogP contribution in [0.1, 0.15) is 41.5 Å². The number of hydrogen-bond donors (Lipinski definition) is 3. The molecule has 148 valence electrons. The topological polar surface area (TPSA) is 79.5 Å². The van der Waals surface area contributed by atoms with Gasteiger partial charge in [-0.15, -0.1) is 0 Å². The van der Waals surface area contributed by atoms with Crippen molar-refractivity contribution in [3.63, 3.8) is 0 Å². The van der Waals surface area contributed by atoms with Crippen molar-refractivity contribution in [2.45, 2.75) is 20.8 Å². The highest BCUT2D eigenvalue weighted by atomic mass is 32.1. The minimum Gasteiger partial charge on any atom is -0.493 e. The van der Waals surface area contributed by atoms with Crippen LogP contribution in [0, 0.1) is 5.92 Å². The van der Waals surface area contributed by atoms with Crippen LogP contribution in [0.4, 0.5) is 5.69 Å². The quantitative estimate of drug-likeness (QED) is 0.620. The predicted molar refractivity (Wildman–Crippen MR) is 115 cm³/mol. The molecule has 6 nitrogen and oxygen atoms in total. The largest absolute Gasteiger partial charge is 0.493 e. The molecule has 2 aromatic rings. The Bertz CT molecular complexity index is 852. The first kappa shape index (κ1) is 21.4. The van der Waals surface area contributed by atoms with Crippen molar-refractivity contribution < 1.29 is 14.3 Å². The molecule has 0 fully saturated rings. The summed E-state index contributed by atoms with van der Waals surface area (Å²) in [5, 5.41) is 8.39. The molecular weight excluding hydrogens is 374 g/mol. The lowest BCUT2D eigenvalue weighted by Crippen LogP contribution is -2.35. The van der Waals surface area contributed by atoms with Gasteiger partial charge in [0.1, 0.15) is 5.75 Å². The molecule has 0 radical (unpaired) electrons. The Kier molecular flexibility index (Phi) is 7.95. The van der Waals surface area contributed by atoms with E-state index in [1.54, 1.807) is 48.5 Å². The minimum atomic E-state index is -0.358. The van der Waals surface area contributed by atoms with E-state index < -0.39 is 0 Å². The SMILES string of the molecule is CCNC(=O)c1ccccc1NC(=S)NC(=O)c1cccc(OCC(C)C)c1. The van der Waals surface area contributed by atoms with Crippen molar-refractivity contribution in [1.82, 2.24) is 10.6 Å². The lowest BCUT2D eigenvalue weighted by atomic mass is 10.1. The van der Waals surface area contributed by atoms with E-state index in [0.29, 0.717) is 41.6 Å². The maximum absolute atomic E-state index is 12.5. The lowest BCUT2D eigenvalue weighted by molar-refractivity contribution is 0.0954. The average Bonchev–Trinajstić information content (AvgIpc) is 2.67. The summed E-state index contributed by atoms with van der Waals surface area (Å²) in [7, 11) is 0. The van der Waals surface area contributed by atoms with Gasteiger partial charge in [0.2, 0.25) is 0 Å². The van der Waals surface area contributed by atoms with E-state index in [1.165, 1.54) is 0 Å². The summed E-state index contributed by atoms with van der Waals surface area (Å²) in [6.07, 6.45) is 0. The molecule has 0 saturated heterocycles. The van der Waals surface area contributed by atoms with E-state index in [0.717, 1.165) is 0 Å². The van der Waals surface area contributed by atoms with Crippen molar-refractivity contribution in [2.75, 3.05) is 18.5 Å². The van der Waals surface area contributed by atoms with Crippen LogP contribution in [0.25, 0.3) is 0 Å². The van der Waals surface area contributed by atoms with Crippen molar-refractivity contribution >= 4 is 34.8 Å². The van der Waals surface area contributed by atoms with E-state index in [4.69, 9.17) is 17.0 Å². The standard InChI is InChI=1S/C21H25N3O3S/c1-4-22-20(26)17-10-5-6-11-18(17)23-21(28)24-19(25)15-8-7-9-16(12-15)27-13-14(2)3/h5-12,14H,4,13H2,1-3H3,(H,22,26)(H2,23,24,25,28). The fraction of sp³-hybridized carbons (Fsp3) is 0.286. The average molecular weight is 400 g/mol. The molecule has 28 heavy (non-hydrogen) atoms. The number of hydrogen-bond acceptors (Lipinski definition) is 4. The van der Waals surface area contributed by atoms with Gasteiger partial charge in [0, 0.05) is 12.1 Å². The molecule has 0 unspecified atom stereocenters. The van der Waals surface area contributed by atoms with Crippen LogP contribution < -0.4 is 20.7 Å². The molecular formula is C21H25N3O3S. The number of rotatable bonds is 7. The summed E-state index contributed by atoms with van der Waals surface area (Å²) in [6, 6.07) is 13.9. The molecule has 3 N–H and O–H groups in total. The maximum Gasteiger partial charge on any atom is 0.257 e. The fourth-order valence-corrected chi connectivity index (χ4v) is 2.57. The van der Waals surface area contributed by atoms with Crippen LogP contribution in [0.5, 0.6) is 5.75 Å².